The van der Waals surface area contributed by atoms with E-state index in [0.717, 1.165) is 4.68 Å². The molecule has 0 saturated heterocycles. The maximum atomic E-state index is 11.9. The van der Waals surface area contributed by atoms with Crippen molar-refractivity contribution in [1.29, 1.82) is 0 Å². The van der Waals surface area contributed by atoms with Crippen molar-refractivity contribution in [2.75, 3.05) is 14.2 Å². The van der Waals surface area contributed by atoms with Gasteiger partial charge >= 0.3 is 5.97 Å². The van der Waals surface area contributed by atoms with Crippen molar-refractivity contribution in [3.8, 4) is 22.8 Å². The van der Waals surface area contributed by atoms with Crippen LogP contribution in [0.1, 0.15) is 5.56 Å². The molecule has 22 heavy (non-hydrogen) atoms. The number of carboxylic acid groups (broad SMARTS) is 1. The zero-order valence-corrected chi connectivity index (χ0v) is 12.5. The summed E-state index contributed by atoms with van der Waals surface area (Å²) >= 11 is 0. The first-order valence-corrected chi connectivity index (χ1v) is 6.47. The van der Waals surface area contributed by atoms with Gasteiger partial charge in [0.25, 0.3) is 5.56 Å². The van der Waals surface area contributed by atoms with Gasteiger partial charge in [-0.25, -0.2) is 4.68 Å². The SMILES string of the molecule is COc1ccc(OC)c(-c2cc(CC(=O)O)c(=O)n(C)n2)c1. The highest BCUT2D eigenvalue weighted by Crippen LogP contribution is 2.32. The van der Waals surface area contributed by atoms with Crippen LogP contribution in [0, 0.1) is 0 Å². The molecule has 2 aromatic rings. The van der Waals surface area contributed by atoms with E-state index < -0.39 is 11.5 Å². The Kier molecular flexibility index (Phi) is 4.45. The van der Waals surface area contributed by atoms with Crippen LogP contribution in [0.15, 0.2) is 29.1 Å². The van der Waals surface area contributed by atoms with E-state index in [2.05, 4.69) is 5.10 Å². The van der Waals surface area contributed by atoms with Crippen molar-refractivity contribution in [2.24, 2.45) is 7.05 Å². The number of methoxy groups -OCH3 is 2. The molecule has 1 N–H and O–H groups in total. The second kappa shape index (κ2) is 6.30. The van der Waals surface area contributed by atoms with Gasteiger partial charge in [0.1, 0.15) is 11.5 Å². The topological polar surface area (TPSA) is 90.7 Å². The van der Waals surface area contributed by atoms with Gasteiger partial charge in [0.15, 0.2) is 0 Å². The first kappa shape index (κ1) is 15.6. The molecule has 0 fully saturated rings. The van der Waals surface area contributed by atoms with E-state index in [1.54, 1.807) is 18.2 Å². The molecule has 7 heteroatoms. The third kappa shape index (κ3) is 3.08. The van der Waals surface area contributed by atoms with Gasteiger partial charge in [-0.1, -0.05) is 0 Å². The van der Waals surface area contributed by atoms with Crippen molar-refractivity contribution in [3.05, 3.63) is 40.2 Å². The van der Waals surface area contributed by atoms with Crippen LogP contribution < -0.4 is 15.0 Å². The molecule has 0 aliphatic carbocycles. The van der Waals surface area contributed by atoms with Gasteiger partial charge in [-0.05, 0) is 24.3 Å². The summed E-state index contributed by atoms with van der Waals surface area (Å²) in [6.07, 6.45) is -0.367. The van der Waals surface area contributed by atoms with E-state index in [1.807, 2.05) is 0 Å². The molecule has 1 heterocycles. The fraction of sp³-hybridized carbons (Fsp3) is 0.267. The van der Waals surface area contributed by atoms with Crippen molar-refractivity contribution < 1.29 is 19.4 Å². The average molecular weight is 304 g/mol. The third-order valence-electron chi connectivity index (χ3n) is 3.16. The van der Waals surface area contributed by atoms with E-state index in [-0.39, 0.29) is 12.0 Å². The Bertz CT molecular complexity index is 767. The molecule has 1 aromatic heterocycles. The Balaban J connectivity index is 2.64. The number of nitrogens with zero attached hydrogens (tertiary/aromatic N) is 2. The lowest BCUT2D eigenvalue weighted by Gasteiger charge is -2.11. The summed E-state index contributed by atoms with van der Waals surface area (Å²) in [5.74, 6) is 0.0753. The van der Waals surface area contributed by atoms with Crippen LogP contribution in [0.3, 0.4) is 0 Å². The summed E-state index contributed by atoms with van der Waals surface area (Å²) in [5.41, 5.74) is 0.774. The Morgan fingerprint density at radius 1 is 1.27 bits per heavy atom. The van der Waals surface area contributed by atoms with Crippen molar-refractivity contribution in [1.82, 2.24) is 9.78 Å². The monoisotopic (exact) mass is 304 g/mol. The Hall–Kier alpha value is -2.83. The quantitative estimate of drug-likeness (QED) is 0.889. The van der Waals surface area contributed by atoms with Crippen LogP contribution in [-0.2, 0) is 18.3 Å². The lowest BCUT2D eigenvalue weighted by atomic mass is 10.1. The minimum absolute atomic E-state index is 0.157. The van der Waals surface area contributed by atoms with Crippen LogP contribution in [0.5, 0.6) is 11.5 Å². The molecule has 0 unspecified atom stereocenters. The molecule has 116 valence electrons. The molecule has 0 atom stereocenters. The molecule has 0 amide bonds. The summed E-state index contributed by atoms with van der Waals surface area (Å²) in [4.78, 5) is 22.8. The molecule has 0 aliphatic heterocycles. The fourth-order valence-electron chi connectivity index (χ4n) is 2.11. The number of hydrogen-bond acceptors (Lipinski definition) is 5. The number of ether oxygens (including phenoxy) is 2. The molecular weight excluding hydrogens is 288 g/mol. The van der Waals surface area contributed by atoms with E-state index in [4.69, 9.17) is 14.6 Å². The maximum absolute atomic E-state index is 11.9. The van der Waals surface area contributed by atoms with Gasteiger partial charge < -0.3 is 14.6 Å². The largest absolute Gasteiger partial charge is 0.497 e. The van der Waals surface area contributed by atoms with Crippen molar-refractivity contribution in [3.63, 3.8) is 0 Å². The number of benzene rings is 1. The van der Waals surface area contributed by atoms with E-state index >= 15 is 0 Å². The second-order valence-corrected chi connectivity index (χ2v) is 4.62. The number of aryl methyl sites for hydroxylation is 1. The number of rotatable bonds is 5. The van der Waals surface area contributed by atoms with Gasteiger partial charge in [0.05, 0.1) is 26.3 Å². The van der Waals surface area contributed by atoms with Crippen LogP contribution >= 0.6 is 0 Å². The fourth-order valence-corrected chi connectivity index (χ4v) is 2.11. The summed E-state index contributed by atoms with van der Waals surface area (Å²) in [5, 5.41) is 13.1. The van der Waals surface area contributed by atoms with Gasteiger partial charge in [-0.15, -0.1) is 0 Å². The van der Waals surface area contributed by atoms with Gasteiger partial charge in [0, 0.05) is 18.2 Å². The molecule has 7 nitrogen and oxygen atoms in total. The molecule has 0 saturated carbocycles. The summed E-state index contributed by atoms with van der Waals surface area (Å²) in [6.45, 7) is 0. The predicted molar refractivity (Wildman–Crippen MR) is 79.4 cm³/mol. The van der Waals surface area contributed by atoms with Gasteiger partial charge in [-0.2, -0.15) is 5.10 Å². The highest BCUT2D eigenvalue weighted by Gasteiger charge is 2.14. The Morgan fingerprint density at radius 3 is 2.59 bits per heavy atom. The number of carboxylic acids is 1. The molecule has 0 radical (unpaired) electrons. The third-order valence-corrected chi connectivity index (χ3v) is 3.16. The molecule has 0 aliphatic rings. The summed E-state index contributed by atoms with van der Waals surface area (Å²) in [7, 11) is 4.53. The summed E-state index contributed by atoms with van der Waals surface area (Å²) < 4.78 is 11.6. The Morgan fingerprint density at radius 2 is 2.00 bits per heavy atom. The minimum atomic E-state index is -1.08. The first-order valence-electron chi connectivity index (χ1n) is 6.47. The second-order valence-electron chi connectivity index (χ2n) is 4.62. The van der Waals surface area contributed by atoms with Crippen LogP contribution in [0.25, 0.3) is 11.3 Å². The predicted octanol–water partition coefficient (Wildman–Crippen LogP) is 1.09. The van der Waals surface area contributed by atoms with Crippen LogP contribution in [-0.4, -0.2) is 35.1 Å². The average Bonchev–Trinajstić information content (AvgIpc) is 2.50. The van der Waals surface area contributed by atoms with E-state index in [1.165, 1.54) is 27.3 Å². The van der Waals surface area contributed by atoms with Crippen LogP contribution in [0.4, 0.5) is 0 Å². The lowest BCUT2D eigenvalue weighted by molar-refractivity contribution is -0.136. The molecular formula is C15H16N2O5. The zero-order chi connectivity index (χ0) is 16.3. The van der Waals surface area contributed by atoms with E-state index in [0.29, 0.717) is 22.8 Å². The Labute approximate surface area is 126 Å². The number of carbonyl (C=O) groups is 1. The van der Waals surface area contributed by atoms with Gasteiger partial charge in [0.2, 0.25) is 0 Å². The van der Waals surface area contributed by atoms with Crippen LogP contribution in [0.2, 0.25) is 0 Å². The number of aliphatic carboxylic acids is 1. The molecule has 2 rings (SSSR count). The molecule has 0 spiro atoms. The summed E-state index contributed by atoms with van der Waals surface area (Å²) in [6, 6.07) is 6.64. The molecule has 0 bridgehead atoms. The van der Waals surface area contributed by atoms with E-state index in [9.17, 15) is 9.59 Å². The number of aromatic nitrogens is 2. The highest BCUT2D eigenvalue weighted by atomic mass is 16.5. The van der Waals surface area contributed by atoms with Gasteiger partial charge in [-0.3, -0.25) is 9.59 Å². The van der Waals surface area contributed by atoms with Crippen molar-refractivity contribution in [2.45, 2.75) is 6.42 Å². The zero-order valence-electron chi connectivity index (χ0n) is 12.5. The molecule has 1 aromatic carbocycles. The standard InChI is InChI=1S/C15H16N2O5/c1-17-15(20)9(7-14(18)19)6-12(16-17)11-8-10(21-2)4-5-13(11)22-3/h4-6,8H,7H2,1-3H3,(H,18,19). The normalized spacial score (nSPS) is 10.3. The lowest BCUT2D eigenvalue weighted by Crippen LogP contribution is -2.25. The number of hydrogen-bond donors (Lipinski definition) is 1. The maximum Gasteiger partial charge on any atom is 0.308 e. The smallest absolute Gasteiger partial charge is 0.308 e. The highest BCUT2D eigenvalue weighted by molar-refractivity contribution is 5.73. The first-order chi connectivity index (χ1) is 10.5. The minimum Gasteiger partial charge on any atom is -0.497 e. The van der Waals surface area contributed by atoms with Crippen molar-refractivity contribution >= 4 is 5.97 Å².